The quantitative estimate of drug-likeness (QED) is 0.645. The maximum atomic E-state index is 13.1. The molecule has 0 aliphatic carbocycles. The maximum absolute atomic E-state index is 13.1. The Kier molecular flexibility index (Phi) is 5.17. The summed E-state index contributed by atoms with van der Waals surface area (Å²) in [5.74, 6) is 0.548. The Bertz CT molecular complexity index is 1260. The van der Waals surface area contributed by atoms with Gasteiger partial charge in [0.15, 0.2) is 0 Å². The minimum atomic E-state index is -3.73. The largest absolute Gasteiger partial charge is 0.497 e. The maximum Gasteiger partial charge on any atom is 0.265 e. The molecule has 2 aliphatic rings. The number of carbonyl (C=O) groups excluding carboxylic acids is 1. The molecular formula is C24H25N3O4S. The van der Waals surface area contributed by atoms with E-state index >= 15 is 0 Å². The highest BCUT2D eigenvalue weighted by atomic mass is 32.2. The van der Waals surface area contributed by atoms with Crippen molar-refractivity contribution < 1.29 is 17.9 Å². The zero-order valence-electron chi connectivity index (χ0n) is 17.8. The van der Waals surface area contributed by atoms with Gasteiger partial charge in [0.1, 0.15) is 12.3 Å². The number of anilines is 2. The van der Waals surface area contributed by atoms with Crippen LogP contribution in [-0.4, -0.2) is 47.1 Å². The lowest BCUT2D eigenvalue weighted by Gasteiger charge is -2.34. The fourth-order valence-electron chi connectivity index (χ4n) is 4.61. The van der Waals surface area contributed by atoms with Gasteiger partial charge in [0, 0.05) is 30.2 Å². The molecule has 0 bridgehead atoms. The summed E-state index contributed by atoms with van der Waals surface area (Å²) in [6.45, 7) is 1.43. The van der Waals surface area contributed by atoms with Gasteiger partial charge in [-0.05, 0) is 54.6 Å². The summed E-state index contributed by atoms with van der Waals surface area (Å²) < 4.78 is 32.6. The summed E-state index contributed by atoms with van der Waals surface area (Å²) >= 11 is 0. The lowest BCUT2D eigenvalue weighted by Crippen LogP contribution is -2.48. The molecule has 0 aromatic heterocycles. The molecule has 1 fully saturated rings. The van der Waals surface area contributed by atoms with Crippen LogP contribution in [0.25, 0.3) is 10.8 Å². The summed E-state index contributed by atoms with van der Waals surface area (Å²) in [5, 5.41) is 4.59. The number of hydrogen-bond acceptors (Lipinski definition) is 5. The first kappa shape index (κ1) is 20.6. The van der Waals surface area contributed by atoms with E-state index in [0.717, 1.165) is 42.8 Å². The van der Waals surface area contributed by atoms with Crippen LogP contribution < -0.4 is 19.3 Å². The Morgan fingerprint density at radius 2 is 1.72 bits per heavy atom. The van der Waals surface area contributed by atoms with Crippen molar-refractivity contribution in [3.05, 3.63) is 60.7 Å². The molecule has 1 amide bonds. The minimum absolute atomic E-state index is 0.0282. The Morgan fingerprint density at radius 3 is 2.41 bits per heavy atom. The highest BCUT2D eigenvalue weighted by Gasteiger charge is 2.37. The third kappa shape index (κ3) is 3.54. The second kappa shape index (κ2) is 8.02. The fraction of sp³-hybridized carbons (Fsp3) is 0.292. The van der Waals surface area contributed by atoms with Crippen molar-refractivity contribution in [2.45, 2.75) is 23.8 Å². The van der Waals surface area contributed by atoms with Crippen molar-refractivity contribution >= 4 is 38.1 Å². The summed E-state index contributed by atoms with van der Waals surface area (Å²) in [6, 6.07) is 18.7. The molecule has 3 aromatic rings. The van der Waals surface area contributed by atoms with Crippen molar-refractivity contribution in [2.75, 3.05) is 35.9 Å². The molecule has 2 aliphatic heterocycles. The number of hydrogen-bond donors (Lipinski definition) is 1. The third-order valence-electron chi connectivity index (χ3n) is 6.27. The molecule has 8 heteroatoms. The number of methoxy groups -OCH3 is 1. The topological polar surface area (TPSA) is 79.0 Å². The van der Waals surface area contributed by atoms with Crippen molar-refractivity contribution in [2.24, 2.45) is 0 Å². The highest BCUT2D eigenvalue weighted by Crippen LogP contribution is 2.41. The van der Waals surface area contributed by atoms with Gasteiger partial charge in [-0.25, -0.2) is 8.42 Å². The van der Waals surface area contributed by atoms with E-state index in [-0.39, 0.29) is 23.4 Å². The Balaban J connectivity index is 1.23. The normalized spacial score (nSPS) is 17.5. The first-order chi connectivity index (χ1) is 15.5. The van der Waals surface area contributed by atoms with Crippen molar-refractivity contribution in [1.82, 2.24) is 5.32 Å². The number of amides is 1. The second-order valence-corrected chi connectivity index (χ2v) is 10.0. The number of rotatable bonds is 5. The van der Waals surface area contributed by atoms with Gasteiger partial charge in [0.25, 0.3) is 10.0 Å². The predicted octanol–water partition coefficient (Wildman–Crippen LogP) is 3.14. The molecule has 0 unspecified atom stereocenters. The molecule has 0 saturated carbocycles. The van der Waals surface area contributed by atoms with Gasteiger partial charge >= 0.3 is 0 Å². The molecule has 32 heavy (non-hydrogen) atoms. The number of sulfonamides is 1. The first-order valence-electron chi connectivity index (χ1n) is 10.7. The molecule has 0 radical (unpaired) electrons. The van der Waals surface area contributed by atoms with Crippen LogP contribution in [-0.2, 0) is 14.8 Å². The Labute approximate surface area is 187 Å². The van der Waals surface area contributed by atoms with Crippen LogP contribution in [0.4, 0.5) is 11.4 Å². The second-order valence-electron chi connectivity index (χ2n) is 8.17. The van der Waals surface area contributed by atoms with E-state index in [0.29, 0.717) is 11.1 Å². The summed E-state index contributed by atoms with van der Waals surface area (Å²) in [4.78, 5) is 15.4. The Hall–Kier alpha value is -3.26. The number of nitrogens with one attached hydrogen (secondary N) is 1. The number of nitrogens with zero attached hydrogens (tertiary/aromatic N) is 2. The molecule has 1 saturated heterocycles. The highest BCUT2D eigenvalue weighted by molar-refractivity contribution is 7.93. The zero-order valence-corrected chi connectivity index (χ0v) is 18.6. The van der Waals surface area contributed by atoms with Gasteiger partial charge in [-0.1, -0.05) is 24.3 Å². The zero-order chi connectivity index (χ0) is 22.3. The lowest BCUT2D eigenvalue weighted by atomic mass is 10.0. The van der Waals surface area contributed by atoms with Gasteiger partial charge < -0.3 is 15.0 Å². The standard InChI is InChI=1S/C24H25N3O4S/c1-31-20-10-8-19(9-11-20)26-14-12-18(13-15-26)25-23(28)16-27-21-6-2-4-17-5-3-7-22(24(17)21)32(27,29)30/h2-11,18H,12-16H2,1H3,(H,25,28). The van der Waals surface area contributed by atoms with E-state index in [1.807, 2.05) is 42.5 Å². The van der Waals surface area contributed by atoms with Crippen LogP contribution in [0, 0.1) is 0 Å². The van der Waals surface area contributed by atoms with Crippen molar-refractivity contribution in [1.29, 1.82) is 0 Å². The SMILES string of the molecule is COc1ccc(N2CCC(NC(=O)CN3c4cccc5cccc(c45)S3(=O)=O)CC2)cc1. The lowest BCUT2D eigenvalue weighted by molar-refractivity contribution is -0.120. The molecule has 5 rings (SSSR count). The van der Waals surface area contributed by atoms with E-state index in [1.165, 1.54) is 4.31 Å². The number of piperidine rings is 1. The van der Waals surface area contributed by atoms with Gasteiger partial charge in [-0.2, -0.15) is 0 Å². The predicted molar refractivity (Wildman–Crippen MR) is 125 cm³/mol. The number of ether oxygens (including phenoxy) is 1. The summed E-state index contributed by atoms with van der Waals surface area (Å²) in [5.41, 5.74) is 1.70. The molecule has 166 valence electrons. The van der Waals surface area contributed by atoms with Crippen LogP contribution in [0.2, 0.25) is 0 Å². The van der Waals surface area contributed by atoms with Crippen LogP contribution in [0.15, 0.2) is 65.6 Å². The van der Waals surface area contributed by atoms with Gasteiger partial charge in [0.05, 0.1) is 17.7 Å². The van der Waals surface area contributed by atoms with Gasteiger partial charge in [-0.15, -0.1) is 0 Å². The van der Waals surface area contributed by atoms with Crippen LogP contribution in [0.5, 0.6) is 5.75 Å². The van der Waals surface area contributed by atoms with Gasteiger partial charge in [0.2, 0.25) is 5.91 Å². The smallest absolute Gasteiger partial charge is 0.265 e. The van der Waals surface area contributed by atoms with E-state index in [9.17, 15) is 13.2 Å². The van der Waals surface area contributed by atoms with E-state index in [1.54, 1.807) is 25.3 Å². The average molecular weight is 452 g/mol. The first-order valence-corrected chi connectivity index (χ1v) is 12.1. The molecule has 0 spiro atoms. The Morgan fingerprint density at radius 1 is 1.03 bits per heavy atom. The summed E-state index contributed by atoms with van der Waals surface area (Å²) in [6.07, 6.45) is 1.61. The number of benzene rings is 3. The van der Waals surface area contributed by atoms with Crippen LogP contribution in [0.1, 0.15) is 12.8 Å². The van der Waals surface area contributed by atoms with Gasteiger partial charge in [-0.3, -0.25) is 9.10 Å². The van der Waals surface area contributed by atoms with Crippen LogP contribution in [0.3, 0.4) is 0 Å². The molecule has 2 heterocycles. The molecule has 3 aromatic carbocycles. The molecule has 0 atom stereocenters. The minimum Gasteiger partial charge on any atom is -0.497 e. The van der Waals surface area contributed by atoms with Crippen LogP contribution >= 0.6 is 0 Å². The van der Waals surface area contributed by atoms with E-state index < -0.39 is 10.0 Å². The average Bonchev–Trinajstić information content (AvgIpc) is 3.03. The fourth-order valence-corrected chi connectivity index (χ4v) is 6.27. The van der Waals surface area contributed by atoms with E-state index in [2.05, 4.69) is 10.2 Å². The van der Waals surface area contributed by atoms with Crippen molar-refractivity contribution in [3.8, 4) is 5.75 Å². The van der Waals surface area contributed by atoms with Crippen molar-refractivity contribution in [3.63, 3.8) is 0 Å². The summed E-state index contributed by atoms with van der Waals surface area (Å²) in [7, 11) is -2.08. The number of carbonyl (C=O) groups is 1. The third-order valence-corrected chi connectivity index (χ3v) is 8.07. The molecule has 1 N–H and O–H groups in total. The molecular weight excluding hydrogens is 426 g/mol. The molecule has 7 nitrogen and oxygen atoms in total. The monoisotopic (exact) mass is 451 g/mol. The van der Waals surface area contributed by atoms with E-state index in [4.69, 9.17) is 4.74 Å².